The molecule has 0 radical (unpaired) electrons. The summed E-state index contributed by atoms with van der Waals surface area (Å²) in [5, 5.41) is 5.57. The number of ether oxygens (including phenoxy) is 2. The molecule has 7 heteroatoms. The third-order valence-electron chi connectivity index (χ3n) is 2.76. The first-order valence-electron chi connectivity index (χ1n) is 5.69. The van der Waals surface area contributed by atoms with Gasteiger partial charge in [0.25, 0.3) is 0 Å². The van der Waals surface area contributed by atoms with Gasteiger partial charge in [-0.05, 0) is 0 Å². The summed E-state index contributed by atoms with van der Waals surface area (Å²) in [7, 11) is 2.88. The topological polar surface area (TPSA) is 59.6 Å². The Morgan fingerprint density at radius 2 is 2.11 bits per heavy atom. The van der Waals surface area contributed by atoms with Gasteiger partial charge in [-0.3, -0.25) is 10.1 Å². The third kappa shape index (κ3) is 3.10. The standard InChI is InChI=1S/C12H15FN2O3S/c1-17-10-3-7(13)8(4-11(10)18-2)15-12(16)9-5-19-6-14-9/h3-4,9,14H,5-6H2,1-2H3,(H,15,16). The highest BCUT2D eigenvalue weighted by molar-refractivity contribution is 7.99. The number of hydrogen-bond acceptors (Lipinski definition) is 5. The van der Waals surface area contributed by atoms with E-state index in [1.807, 2.05) is 0 Å². The van der Waals surface area contributed by atoms with Crippen LogP contribution in [0.25, 0.3) is 0 Å². The molecule has 0 aromatic heterocycles. The summed E-state index contributed by atoms with van der Waals surface area (Å²) in [6.45, 7) is 0. The number of thioether (sulfide) groups is 1. The Morgan fingerprint density at radius 3 is 2.68 bits per heavy atom. The summed E-state index contributed by atoms with van der Waals surface area (Å²) in [6, 6.07) is 2.30. The summed E-state index contributed by atoms with van der Waals surface area (Å²) in [5.41, 5.74) is 0.0846. The fraction of sp³-hybridized carbons (Fsp3) is 0.417. The third-order valence-corrected chi connectivity index (χ3v) is 3.70. The molecule has 0 saturated carbocycles. The second kappa shape index (κ2) is 6.12. The predicted molar refractivity (Wildman–Crippen MR) is 72.4 cm³/mol. The lowest BCUT2D eigenvalue weighted by molar-refractivity contribution is -0.117. The highest BCUT2D eigenvalue weighted by Gasteiger charge is 2.23. The molecule has 1 saturated heterocycles. The lowest BCUT2D eigenvalue weighted by Crippen LogP contribution is -2.37. The Kier molecular flexibility index (Phi) is 4.49. The first-order valence-corrected chi connectivity index (χ1v) is 6.84. The maximum Gasteiger partial charge on any atom is 0.242 e. The van der Waals surface area contributed by atoms with E-state index in [0.29, 0.717) is 11.5 Å². The van der Waals surface area contributed by atoms with Crippen LogP contribution in [0.15, 0.2) is 12.1 Å². The quantitative estimate of drug-likeness (QED) is 0.877. The predicted octanol–water partition coefficient (Wildman–Crippen LogP) is 1.44. The van der Waals surface area contributed by atoms with Gasteiger partial charge in [0.15, 0.2) is 17.3 Å². The van der Waals surface area contributed by atoms with Gasteiger partial charge in [0.2, 0.25) is 5.91 Å². The maximum absolute atomic E-state index is 13.8. The molecule has 19 heavy (non-hydrogen) atoms. The minimum Gasteiger partial charge on any atom is -0.493 e. The van der Waals surface area contributed by atoms with E-state index in [1.165, 1.54) is 26.4 Å². The number of benzene rings is 1. The van der Waals surface area contributed by atoms with Gasteiger partial charge in [-0.2, -0.15) is 0 Å². The van der Waals surface area contributed by atoms with Crippen molar-refractivity contribution < 1.29 is 18.7 Å². The van der Waals surface area contributed by atoms with Crippen LogP contribution in [0.2, 0.25) is 0 Å². The van der Waals surface area contributed by atoms with Gasteiger partial charge in [-0.1, -0.05) is 0 Å². The van der Waals surface area contributed by atoms with Gasteiger partial charge in [-0.15, -0.1) is 11.8 Å². The van der Waals surface area contributed by atoms with E-state index in [9.17, 15) is 9.18 Å². The molecule has 5 nitrogen and oxygen atoms in total. The van der Waals surface area contributed by atoms with Gasteiger partial charge in [0, 0.05) is 23.8 Å². The second-order valence-electron chi connectivity index (χ2n) is 3.95. The van der Waals surface area contributed by atoms with E-state index in [2.05, 4.69) is 10.6 Å². The molecule has 1 aromatic rings. The van der Waals surface area contributed by atoms with Crippen LogP contribution in [0, 0.1) is 5.82 Å². The number of carbonyl (C=O) groups excluding carboxylic acids is 1. The average Bonchev–Trinajstić information content (AvgIpc) is 2.94. The van der Waals surface area contributed by atoms with Crippen molar-refractivity contribution in [1.82, 2.24) is 5.32 Å². The van der Waals surface area contributed by atoms with Crippen molar-refractivity contribution >= 4 is 23.4 Å². The van der Waals surface area contributed by atoms with Crippen LogP contribution in [-0.4, -0.2) is 37.8 Å². The Labute approximate surface area is 114 Å². The molecule has 0 aliphatic carbocycles. The van der Waals surface area contributed by atoms with E-state index < -0.39 is 5.82 Å². The molecule has 1 aliphatic heterocycles. The average molecular weight is 286 g/mol. The van der Waals surface area contributed by atoms with Crippen LogP contribution >= 0.6 is 11.8 Å². The number of rotatable bonds is 4. The highest BCUT2D eigenvalue weighted by Crippen LogP contribution is 2.32. The molecule has 1 atom stereocenters. The first-order chi connectivity index (χ1) is 9.15. The van der Waals surface area contributed by atoms with Crippen molar-refractivity contribution in [3.8, 4) is 11.5 Å². The minimum atomic E-state index is -0.559. The number of methoxy groups -OCH3 is 2. The maximum atomic E-state index is 13.8. The van der Waals surface area contributed by atoms with E-state index in [1.54, 1.807) is 11.8 Å². The molecular weight excluding hydrogens is 271 g/mol. The first kappa shape index (κ1) is 14.0. The Hall–Kier alpha value is -1.47. The van der Waals surface area contributed by atoms with Crippen LogP contribution in [0.3, 0.4) is 0 Å². The van der Waals surface area contributed by atoms with Crippen molar-refractivity contribution in [2.45, 2.75) is 6.04 Å². The molecule has 104 valence electrons. The van der Waals surface area contributed by atoms with Crippen molar-refractivity contribution in [1.29, 1.82) is 0 Å². The minimum absolute atomic E-state index is 0.0846. The van der Waals surface area contributed by atoms with Gasteiger partial charge in [0.05, 0.1) is 25.9 Å². The number of carbonyl (C=O) groups is 1. The number of halogens is 1. The van der Waals surface area contributed by atoms with E-state index in [4.69, 9.17) is 9.47 Å². The SMILES string of the molecule is COc1cc(F)c(NC(=O)C2CSCN2)cc1OC. The van der Waals surface area contributed by atoms with Crippen molar-refractivity contribution in [3.63, 3.8) is 0 Å². The van der Waals surface area contributed by atoms with Crippen molar-refractivity contribution in [2.75, 3.05) is 31.2 Å². The van der Waals surface area contributed by atoms with Crippen LogP contribution in [0.1, 0.15) is 0 Å². The zero-order valence-electron chi connectivity index (χ0n) is 10.7. The van der Waals surface area contributed by atoms with Crippen LogP contribution < -0.4 is 20.1 Å². The molecule has 1 fully saturated rings. The lowest BCUT2D eigenvalue weighted by Gasteiger charge is -2.14. The molecule has 0 spiro atoms. The summed E-state index contributed by atoms with van der Waals surface area (Å²) < 4.78 is 23.9. The Balaban J connectivity index is 2.17. The van der Waals surface area contributed by atoms with Crippen LogP contribution in [-0.2, 0) is 4.79 Å². The smallest absolute Gasteiger partial charge is 0.242 e. The molecule has 0 bridgehead atoms. The van der Waals surface area contributed by atoms with Gasteiger partial charge in [0.1, 0.15) is 0 Å². The fourth-order valence-electron chi connectivity index (χ4n) is 1.73. The lowest BCUT2D eigenvalue weighted by atomic mass is 10.2. The number of nitrogens with one attached hydrogen (secondary N) is 2. The second-order valence-corrected chi connectivity index (χ2v) is 4.98. The zero-order valence-corrected chi connectivity index (χ0v) is 11.5. The number of hydrogen-bond donors (Lipinski definition) is 2. The molecule has 2 N–H and O–H groups in total. The largest absolute Gasteiger partial charge is 0.493 e. The molecule has 1 amide bonds. The fourth-order valence-corrected chi connectivity index (χ4v) is 2.68. The number of amides is 1. The molecule has 1 heterocycles. The van der Waals surface area contributed by atoms with Crippen LogP contribution in [0.5, 0.6) is 11.5 Å². The highest BCUT2D eigenvalue weighted by atomic mass is 32.2. The monoisotopic (exact) mass is 286 g/mol. The Morgan fingerprint density at radius 1 is 1.42 bits per heavy atom. The molecule has 1 aromatic carbocycles. The van der Waals surface area contributed by atoms with E-state index in [-0.39, 0.29) is 23.4 Å². The van der Waals surface area contributed by atoms with Crippen molar-refractivity contribution in [3.05, 3.63) is 17.9 Å². The number of anilines is 1. The van der Waals surface area contributed by atoms with Gasteiger partial charge >= 0.3 is 0 Å². The van der Waals surface area contributed by atoms with Gasteiger partial charge < -0.3 is 14.8 Å². The summed E-state index contributed by atoms with van der Waals surface area (Å²) >= 11 is 1.63. The van der Waals surface area contributed by atoms with Gasteiger partial charge in [-0.25, -0.2) is 4.39 Å². The molecule has 1 aliphatic rings. The summed E-state index contributed by atoms with van der Waals surface area (Å²) in [6.07, 6.45) is 0. The summed E-state index contributed by atoms with van der Waals surface area (Å²) in [4.78, 5) is 11.9. The molecular formula is C12H15FN2O3S. The van der Waals surface area contributed by atoms with E-state index >= 15 is 0 Å². The summed E-state index contributed by atoms with van der Waals surface area (Å²) in [5.74, 6) is 1.25. The molecule has 1 unspecified atom stereocenters. The molecule has 2 rings (SSSR count). The normalized spacial score (nSPS) is 18.2. The van der Waals surface area contributed by atoms with E-state index in [0.717, 1.165) is 5.88 Å². The Bertz CT molecular complexity index is 478. The van der Waals surface area contributed by atoms with Crippen LogP contribution in [0.4, 0.5) is 10.1 Å². The van der Waals surface area contributed by atoms with Crippen molar-refractivity contribution in [2.24, 2.45) is 0 Å². The zero-order chi connectivity index (χ0) is 13.8.